The Morgan fingerprint density at radius 3 is 2.32 bits per heavy atom. The lowest BCUT2D eigenvalue weighted by atomic mass is 10.2. The van der Waals surface area contributed by atoms with E-state index in [0.717, 1.165) is 12.1 Å². The Morgan fingerprint density at radius 1 is 1.21 bits per heavy atom. The molecule has 0 unspecified atom stereocenters. The molecule has 1 aromatic carbocycles. The lowest BCUT2D eigenvalue weighted by Crippen LogP contribution is -2.09. The van der Waals surface area contributed by atoms with Crippen LogP contribution in [-0.2, 0) is 0 Å². The average molecular weight is 279 g/mol. The summed E-state index contributed by atoms with van der Waals surface area (Å²) in [6.07, 6.45) is -5.26. The van der Waals surface area contributed by atoms with E-state index in [1.807, 2.05) is 0 Å². The Kier molecular flexibility index (Phi) is 3.99. The fraction of sp³-hybridized carbons (Fsp3) is 0.125. The van der Waals surface area contributed by atoms with Gasteiger partial charge in [-0.15, -0.1) is 0 Å². The van der Waals surface area contributed by atoms with Crippen molar-refractivity contribution in [1.29, 1.82) is 0 Å². The Hall–Kier alpha value is -2.72. The highest BCUT2D eigenvalue weighted by atomic mass is 19.4. The first-order valence-corrected chi connectivity index (χ1v) is 4.42. The first-order chi connectivity index (χ1) is 8.70. The third-order valence-corrected chi connectivity index (χ3v) is 1.70. The van der Waals surface area contributed by atoms with Gasteiger partial charge in [0.1, 0.15) is 6.21 Å². The zero-order valence-electron chi connectivity index (χ0n) is 8.83. The lowest BCUT2D eigenvalue weighted by molar-refractivity contribution is -0.394. The minimum Gasteiger partial charge on any atom is -0.350 e. The van der Waals surface area contributed by atoms with Crippen molar-refractivity contribution in [3.63, 3.8) is 0 Å². The number of nitro groups is 2. The average Bonchev–Trinajstić information content (AvgIpc) is 2.27. The van der Waals surface area contributed by atoms with Crippen LogP contribution in [0.15, 0.2) is 23.4 Å². The Balaban J connectivity index is 3.04. The number of nitrogens with zero attached hydrogens (tertiary/aromatic N) is 3. The quantitative estimate of drug-likeness (QED) is 0.477. The second-order valence-electron chi connectivity index (χ2n) is 3.03. The van der Waals surface area contributed by atoms with E-state index in [1.165, 1.54) is 0 Å². The van der Waals surface area contributed by atoms with Crippen LogP contribution >= 0.6 is 0 Å². The molecule has 102 valence electrons. The maximum Gasteiger partial charge on any atom is 0.429 e. The van der Waals surface area contributed by atoms with Crippen LogP contribution in [0.2, 0.25) is 0 Å². The zero-order chi connectivity index (χ0) is 14.6. The van der Waals surface area contributed by atoms with E-state index >= 15 is 0 Å². The zero-order valence-corrected chi connectivity index (χ0v) is 8.83. The first-order valence-electron chi connectivity index (χ1n) is 4.42. The van der Waals surface area contributed by atoms with Gasteiger partial charge in [-0.2, -0.15) is 13.2 Å². The molecule has 0 aliphatic heterocycles. The lowest BCUT2D eigenvalue weighted by Gasteiger charge is -2.01. The van der Waals surface area contributed by atoms with Crippen LogP contribution in [0.25, 0.3) is 0 Å². The second kappa shape index (κ2) is 5.29. The van der Waals surface area contributed by atoms with Crippen LogP contribution in [0.3, 0.4) is 0 Å². The van der Waals surface area contributed by atoms with Crippen molar-refractivity contribution in [3.8, 4) is 5.75 Å². The molecule has 0 N–H and O–H groups in total. The number of hydrogen-bond acceptors (Lipinski definition) is 6. The summed E-state index contributed by atoms with van der Waals surface area (Å²) in [4.78, 5) is 23.2. The molecule has 0 bridgehead atoms. The molecule has 0 amide bonds. The van der Waals surface area contributed by atoms with Crippen molar-refractivity contribution in [2.75, 3.05) is 0 Å². The molecule has 0 spiro atoms. The topological polar surface area (TPSA) is 108 Å². The second-order valence-corrected chi connectivity index (χ2v) is 3.03. The molecular weight excluding hydrogens is 275 g/mol. The monoisotopic (exact) mass is 279 g/mol. The number of non-ortho nitro benzene ring substituents is 1. The number of nitro benzene ring substituents is 2. The molecule has 1 rings (SSSR count). The number of benzene rings is 1. The summed E-state index contributed by atoms with van der Waals surface area (Å²) in [5.41, 5.74) is -1.47. The van der Waals surface area contributed by atoms with Crippen LogP contribution in [0.5, 0.6) is 5.75 Å². The van der Waals surface area contributed by atoms with Crippen molar-refractivity contribution in [3.05, 3.63) is 38.4 Å². The number of alkyl halides is 3. The molecular formula is C8H4F3N3O5. The van der Waals surface area contributed by atoms with Crippen LogP contribution in [-0.4, -0.2) is 22.2 Å². The minimum atomic E-state index is -4.74. The summed E-state index contributed by atoms with van der Waals surface area (Å²) in [6, 6.07) is 2.17. The third-order valence-electron chi connectivity index (χ3n) is 1.70. The molecule has 0 radical (unpaired) electrons. The molecule has 11 heteroatoms. The summed E-state index contributed by atoms with van der Waals surface area (Å²) in [5.74, 6) is -0.643. The number of halogens is 3. The van der Waals surface area contributed by atoms with Crippen molar-refractivity contribution in [1.82, 2.24) is 0 Å². The fourth-order valence-corrected chi connectivity index (χ4v) is 0.982. The highest BCUT2D eigenvalue weighted by molar-refractivity contribution is 5.63. The largest absolute Gasteiger partial charge is 0.429 e. The normalized spacial score (nSPS) is 11.5. The molecule has 0 aliphatic carbocycles. The molecule has 19 heavy (non-hydrogen) atoms. The Bertz CT molecular complexity index is 543. The molecule has 0 fully saturated rings. The summed E-state index contributed by atoms with van der Waals surface area (Å²) >= 11 is 0. The highest BCUT2D eigenvalue weighted by Crippen LogP contribution is 2.31. The molecule has 8 nitrogen and oxygen atoms in total. The van der Waals surface area contributed by atoms with Gasteiger partial charge in [-0.05, 0) is 6.07 Å². The first kappa shape index (κ1) is 14.3. The van der Waals surface area contributed by atoms with Gasteiger partial charge < -0.3 is 4.84 Å². The summed E-state index contributed by atoms with van der Waals surface area (Å²) in [7, 11) is 0. The van der Waals surface area contributed by atoms with Crippen LogP contribution in [0, 0.1) is 20.2 Å². The van der Waals surface area contributed by atoms with Crippen molar-refractivity contribution < 1.29 is 27.9 Å². The van der Waals surface area contributed by atoms with E-state index in [4.69, 9.17) is 0 Å². The summed E-state index contributed by atoms with van der Waals surface area (Å²) < 4.78 is 35.2. The van der Waals surface area contributed by atoms with Gasteiger partial charge in [0.2, 0.25) is 5.75 Å². The maximum atomic E-state index is 11.7. The number of rotatable bonds is 4. The maximum absolute atomic E-state index is 11.7. The van der Waals surface area contributed by atoms with Gasteiger partial charge >= 0.3 is 11.9 Å². The van der Waals surface area contributed by atoms with Gasteiger partial charge in [-0.25, -0.2) is 0 Å². The van der Waals surface area contributed by atoms with Crippen molar-refractivity contribution in [2.45, 2.75) is 6.18 Å². The van der Waals surface area contributed by atoms with Gasteiger partial charge in [0.25, 0.3) is 5.69 Å². The summed E-state index contributed by atoms with van der Waals surface area (Å²) in [5, 5.41) is 23.5. The van der Waals surface area contributed by atoms with Gasteiger partial charge in [0, 0.05) is 6.07 Å². The minimum absolute atomic E-state index is 0.516. The molecule has 0 aliphatic rings. The molecule has 0 atom stereocenters. The fourth-order valence-electron chi connectivity index (χ4n) is 0.982. The predicted molar refractivity (Wildman–Crippen MR) is 54.9 cm³/mol. The van der Waals surface area contributed by atoms with Crippen molar-refractivity contribution in [2.24, 2.45) is 5.16 Å². The van der Waals surface area contributed by atoms with Crippen LogP contribution in [0.1, 0.15) is 0 Å². The Labute approximate surface area is 102 Å². The van der Waals surface area contributed by atoms with E-state index in [0.29, 0.717) is 6.07 Å². The molecule has 0 heterocycles. The molecule has 0 saturated heterocycles. The smallest absolute Gasteiger partial charge is 0.350 e. The van der Waals surface area contributed by atoms with Crippen LogP contribution in [0.4, 0.5) is 24.5 Å². The van der Waals surface area contributed by atoms with Crippen LogP contribution < -0.4 is 4.84 Å². The van der Waals surface area contributed by atoms with E-state index in [-0.39, 0.29) is 0 Å². The van der Waals surface area contributed by atoms with Gasteiger partial charge in [-0.3, -0.25) is 20.2 Å². The van der Waals surface area contributed by atoms with E-state index in [1.54, 1.807) is 0 Å². The SMILES string of the molecule is O=[N+]([O-])c1ccc(O/N=C/C(F)(F)F)c([N+](=O)[O-])c1. The molecule has 0 aromatic heterocycles. The molecule has 1 aromatic rings. The van der Waals surface area contributed by atoms with E-state index in [9.17, 15) is 33.4 Å². The van der Waals surface area contributed by atoms with Gasteiger partial charge in [-0.1, -0.05) is 5.16 Å². The molecule has 0 saturated carbocycles. The van der Waals surface area contributed by atoms with Gasteiger partial charge in [0.05, 0.1) is 15.9 Å². The van der Waals surface area contributed by atoms with E-state index < -0.39 is 39.4 Å². The van der Waals surface area contributed by atoms with Crippen molar-refractivity contribution >= 4 is 17.6 Å². The predicted octanol–water partition coefficient (Wildman–Crippen LogP) is 2.43. The standard InChI is InChI=1S/C8H4F3N3O5/c9-8(10,11)4-12-19-7-2-1-5(13(15)16)3-6(7)14(17)18/h1-4H/b12-4+. The van der Waals surface area contributed by atoms with E-state index in [2.05, 4.69) is 9.99 Å². The number of hydrogen-bond donors (Lipinski definition) is 0. The third kappa shape index (κ3) is 4.22. The van der Waals surface area contributed by atoms with Gasteiger partial charge in [0.15, 0.2) is 0 Å². The summed E-state index contributed by atoms with van der Waals surface area (Å²) in [6.45, 7) is 0. The number of oxime groups is 1. The Morgan fingerprint density at radius 2 is 1.84 bits per heavy atom. The highest BCUT2D eigenvalue weighted by Gasteiger charge is 2.25.